The number of halogens is 2. The summed E-state index contributed by atoms with van der Waals surface area (Å²) >= 11 is 5.69. The maximum atomic E-state index is 4.33. The number of aryl methyl sites for hydroxylation is 1. The van der Waals surface area contributed by atoms with Crippen molar-refractivity contribution < 1.29 is 0 Å². The molecule has 0 atom stereocenters. The molecule has 2 rings (SSSR count). The average molecular weight is 337 g/mol. The average Bonchev–Trinajstić information content (AvgIpc) is 2.28. The fourth-order valence-electron chi connectivity index (χ4n) is 1.18. The molecule has 12 heavy (non-hydrogen) atoms. The van der Waals surface area contributed by atoms with Crippen LogP contribution in [0.4, 0.5) is 0 Å². The molecule has 0 spiro atoms. The largest absolute Gasteiger partial charge is 0.348 e. The minimum Gasteiger partial charge on any atom is -0.348 e. The van der Waals surface area contributed by atoms with E-state index in [1.165, 1.54) is 3.57 Å². The predicted molar refractivity (Wildman–Crippen MR) is 61.1 cm³/mol. The maximum absolute atomic E-state index is 4.33. The van der Waals surface area contributed by atoms with E-state index in [4.69, 9.17) is 0 Å². The standard InChI is InChI=1S/C8H6BrIN2/c1-12-4-6(10)8-7(12)2-5(9)3-11-8/h2-4H,1H3. The minimum atomic E-state index is 1.02. The molecule has 62 valence electrons. The summed E-state index contributed by atoms with van der Waals surface area (Å²) < 4.78 is 4.29. The lowest BCUT2D eigenvalue weighted by atomic mass is 10.4. The van der Waals surface area contributed by atoms with Gasteiger partial charge in [-0.05, 0) is 44.6 Å². The smallest absolute Gasteiger partial charge is 0.101 e. The van der Waals surface area contributed by atoms with Crippen molar-refractivity contribution in [3.8, 4) is 0 Å². The van der Waals surface area contributed by atoms with E-state index in [-0.39, 0.29) is 0 Å². The first-order chi connectivity index (χ1) is 5.68. The van der Waals surface area contributed by atoms with Crippen LogP contribution in [0.3, 0.4) is 0 Å². The van der Waals surface area contributed by atoms with Crippen molar-refractivity contribution in [1.29, 1.82) is 0 Å². The second kappa shape index (κ2) is 2.99. The number of rotatable bonds is 0. The third-order valence-corrected chi connectivity index (χ3v) is 2.97. The fraction of sp³-hybridized carbons (Fsp3) is 0.125. The molecule has 0 radical (unpaired) electrons. The van der Waals surface area contributed by atoms with Crippen molar-refractivity contribution in [2.24, 2.45) is 7.05 Å². The molecule has 0 saturated heterocycles. The summed E-state index contributed by atoms with van der Waals surface area (Å²) in [6.45, 7) is 0. The van der Waals surface area contributed by atoms with Crippen LogP contribution in [-0.4, -0.2) is 9.55 Å². The van der Waals surface area contributed by atoms with Crippen LogP contribution in [0, 0.1) is 3.57 Å². The van der Waals surface area contributed by atoms with Gasteiger partial charge in [0, 0.05) is 23.9 Å². The zero-order valence-electron chi connectivity index (χ0n) is 6.38. The number of fused-ring (bicyclic) bond motifs is 1. The highest BCUT2D eigenvalue weighted by molar-refractivity contribution is 14.1. The molecule has 2 heterocycles. The van der Waals surface area contributed by atoms with Crippen molar-refractivity contribution >= 4 is 49.6 Å². The van der Waals surface area contributed by atoms with Crippen molar-refractivity contribution in [1.82, 2.24) is 9.55 Å². The van der Waals surface area contributed by atoms with Gasteiger partial charge in [0.15, 0.2) is 0 Å². The van der Waals surface area contributed by atoms with Crippen LogP contribution in [0.25, 0.3) is 11.0 Å². The molecule has 0 bridgehead atoms. The second-order valence-corrected chi connectivity index (χ2v) is 4.69. The summed E-state index contributed by atoms with van der Waals surface area (Å²) in [7, 11) is 2.03. The van der Waals surface area contributed by atoms with Gasteiger partial charge in [0.2, 0.25) is 0 Å². The normalized spacial score (nSPS) is 10.9. The SMILES string of the molecule is Cn1cc(I)c2ncc(Br)cc21. The molecule has 2 aromatic heterocycles. The monoisotopic (exact) mass is 336 g/mol. The van der Waals surface area contributed by atoms with E-state index in [9.17, 15) is 0 Å². The highest BCUT2D eigenvalue weighted by Gasteiger charge is 2.04. The summed E-state index contributed by atoms with van der Waals surface area (Å²) in [4.78, 5) is 4.33. The Morgan fingerprint density at radius 2 is 2.33 bits per heavy atom. The predicted octanol–water partition coefficient (Wildman–Crippen LogP) is 2.94. The number of hydrogen-bond donors (Lipinski definition) is 0. The molecule has 0 amide bonds. The molecule has 0 fully saturated rings. The maximum Gasteiger partial charge on any atom is 0.101 e. The van der Waals surface area contributed by atoms with Gasteiger partial charge in [-0.1, -0.05) is 0 Å². The van der Waals surface area contributed by atoms with E-state index in [0.29, 0.717) is 0 Å². The van der Waals surface area contributed by atoms with Gasteiger partial charge in [-0.15, -0.1) is 0 Å². The van der Waals surface area contributed by atoms with Gasteiger partial charge in [-0.25, -0.2) is 0 Å². The summed E-state index contributed by atoms with van der Waals surface area (Å²) in [6, 6.07) is 2.07. The van der Waals surface area contributed by atoms with Crippen LogP contribution >= 0.6 is 38.5 Å². The van der Waals surface area contributed by atoms with Crippen molar-refractivity contribution in [2.75, 3.05) is 0 Å². The number of aromatic nitrogens is 2. The number of pyridine rings is 1. The summed E-state index contributed by atoms with van der Waals surface area (Å²) in [5.41, 5.74) is 2.23. The molecular formula is C8H6BrIN2. The van der Waals surface area contributed by atoms with Gasteiger partial charge in [0.25, 0.3) is 0 Å². The third-order valence-electron chi connectivity index (χ3n) is 1.75. The molecule has 0 aliphatic carbocycles. The Morgan fingerprint density at radius 1 is 1.58 bits per heavy atom. The molecule has 0 aromatic carbocycles. The van der Waals surface area contributed by atoms with Gasteiger partial charge in [-0.3, -0.25) is 4.98 Å². The Morgan fingerprint density at radius 3 is 3.08 bits per heavy atom. The Kier molecular flexibility index (Phi) is 2.12. The van der Waals surface area contributed by atoms with E-state index in [0.717, 1.165) is 15.5 Å². The molecule has 0 saturated carbocycles. The number of hydrogen-bond acceptors (Lipinski definition) is 1. The van der Waals surface area contributed by atoms with Gasteiger partial charge in [-0.2, -0.15) is 0 Å². The van der Waals surface area contributed by atoms with Crippen LogP contribution in [0.2, 0.25) is 0 Å². The highest BCUT2D eigenvalue weighted by Crippen LogP contribution is 2.22. The molecule has 4 heteroatoms. The van der Waals surface area contributed by atoms with Crippen molar-refractivity contribution in [2.45, 2.75) is 0 Å². The van der Waals surface area contributed by atoms with Gasteiger partial charge in [0.1, 0.15) is 5.52 Å². The fourth-order valence-corrected chi connectivity index (χ4v) is 2.33. The Hall–Kier alpha value is -0.100. The van der Waals surface area contributed by atoms with Crippen LogP contribution in [0.15, 0.2) is 22.9 Å². The molecule has 2 nitrogen and oxygen atoms in total. The zero-order valence-corrected chi connectivity index (χ0v) is 10.1. The number of nitrogens with zero attached hydrogens (tertiary/aromatic N) is 2. The van der Waals surface area contributed by atoms with Crippen molar-refractivity contribution in [3.05, 3.63) is 26.5 Å². The lowest BCUT2D eigenvalue weighted by Gasteiger charge is -1.94. The molecule has 2 aromatic rings. The van der Waals surface area contributed by atoms with Gasteiger partial charge < -0.3 is 4.57 Å². The van der Waals surface area contributed by atoms with E-state index < -0.39 is 0 Å². The Labute approximate surface area is 92.2 Å². The molecule has 0 aliphatic rings. The van der Waals surface area contributed by atoms with E-state index >= 15 is 0 Å². The first-order valence-corrected chi connectivity index (χ1v) is 5.32. The van der Waals surface area contributed by atoms with Crippen LogP contribution in [0.5, 0.6) is 0 Å². The van der Waals surface area contributed by atoms with Crippen LogP contribution in [0.1, 0.15) is 0 Å². The van der Waals surface area contributed by atoms with Crippen LogP contribution in [-0.2, 0) is 7.05 Å². The summed E-state index contributed by atoms with van der Waals surface area (Å²) in [5.74, 6) is 0. The minimum absolute atomic E-state index is 1.02. The molecule has 0 unspecified atom stereocenters. The third kappa shape index (κ3) is 1.26. The highest BCUT2D eigenvalue weighted by atomic mass is 127. The van der Waals surface area contributed by atoms with E-state index in [2.05, 4.69) is 60.3 Å². The van der Waals surface area contributed by atoms with Crippen molar-refractivity contribution in [3.63, 3.8) is 0 Å². The zero-order chi connectivity index (χ0) is 8.72. The lowest BCUT2D eigenvalue weighted by molar-refractivity contribution is 0.965. The Bertz CT molecular complexity index is 436. The Balaban J connectivity index is 2.90. The molecule has 0 aliphatic heterocycles. The summed E-state index contributed by atoms with van der Waals surface area (Å²) in [6.07, 6.45) is 3.90. The second-order valence-electron chi connectivity index (χ2n) is 2.61. The first kappa shape index (κ1) is 8.50. The van der Waals surface area contributed by atoms with Gasteiger partial charge in [0.05, 0.1) is 9.09 Å². The van der Waals surface area contributed by atoms with E-state index in [1.807, 2.05) is 13.2 Å². The summed E-state index contributed by atoms with van der Waals surface area (Å²) in [5, 5.41) is 0. The molecule has 0 N–H and O–H groups in total. The first-order valence-electron chi connectivity index (χ1n) is 3.44. The lowest BCUT2D eigenvalue weighted by Crippen LogP contribution is -1.84. The van der Waals surface area contributed by atoms with Gasteiger partial charge >= 0.3 is 0 Å². The molecular weight excluding hydrogens is 331 g/mol. The quantitative estimate of drug-likeness (QED) is 0.676. The van der Waals surface area contributed by atoms with Crippen LogP contribution < -0.4 is 0 Å². The van der Waals surface area contributed by atoms with E-state index in [1.54, 1.807) is 0 Å². The topological polar surface area (TPSA) is 17.8 Å².